The van der Waals surface area contributed by atoms with E-state index >= 15 is 0 Å². The first-order valence-electron chi connectivity index (χ1n) is 11.2. The summed E-state index contributed by atoms with van der Waals surface area (Å²) in [6.07, 6.45) is 2.22. The van der Waals surface area contributed by atoms with E-state index in [2.05, 4.69) is 45.1 Å². The maximum Gasteiger partial charge on any atom is 0.280 e. The molecule has 3 heterocycles. The lowest BCUT2D eigenvalue weighted by atomic mass is 10.2. The lowest BCUT2D eigenvalue weighted by molar-refractivity contribution is -0.892. The molecule has 1 atom stereocenters. The van der Waals surface area contributed by atoms with E-state index < -0.39 is 0 Å². The molecule has 0 spiro atoms. The Balaban J connectivity index is 1.39. The van der Waals surface area contributed by atoms with Crippen molar-refractivity contribution in [3.8, 4) is 6.07 Å². The first kappa shape index (κ1) is 21.4. The Hall–Kier alpha value is -2.82. The maximum absolute atomic E-state index is 12.9. The molecule has 1 aromatic carbocycles. The lowest BCUT2D eigenvalue weighted by Gasteiger charge is -2.33. The molecule has 2 aromatic rings. The van der Waals surface area contributed by atoms with Gasteiger partial charge in [-0.05, 0) is 44.4 Å². The van der Waals surface area contributed by atoms with Gasteiger partial charge in [-0.1, -0.05) is 18.2 Å². The Kier molecular flexibility index (Phi) is 6.59. The van der Waals surface area contributed by atoms with E-state index in [-0.39, 0.29) is 12.0 Å². The molecule has 1 aromatic heterocycles. The summed E-state index contributed by atoms with van der Waals surface area (Å²) in [6.45, 7) is 9.54. The number of hydrogen-bond acceptors (Lipinski definition) is 4. The number of anilines is 2. The zero-order valence-electron chi connectivity index (χ0n) is 18.5. The molecule has 2 fully saturated rings. The number of quaternary nitrogens is 1. The second-order valence-electron chi connectivity index (χ2n) is 8.59. The standard InChI is InChI=1S/C24H31N5O2/c1-18-19(2)29(16-21-9-6-14-31-21)24(22(18)15-25)26-23(30)17-27-10-12-28(13-11-27)20-7-4-3-5-8-20/h3-5,7-8,21H,6,9-14,16-17H2,1-2H3,(H,26,30)/p+1/t21-/m1/s1. The van der Waals surface area contributed by atoms with Gasteiger partial charge < -0.3 is 24.4 Å². The van der Waals surface area contributed by atoms with E-state index in [0.717, 1.165) is 56.9 Å². The molecular weight excluding hydrogens is 390 g/mol. The molecule has 2 aliphatic heterocycles. The summed E-state index contributed by atoms with van der Waals surface area (Å²) in [7, 11) is 0. The van der Waals surface area contributed by atoms with Crippen molar-refractivity contribution in [1.29, 1.82) is 5.26 Å². The molecule has 1 amide bonds. The fourth-order valence-corrected chi connectivity index (χ4v) is 4.65. The van der Waals surface area contributed by atoms with Crippen LogP contribution in [-0.4, -0.2) is 55.9 Å². The van der Waals surface area contributed by atoms with Crippen LogP contribution in [0.1, 0.15) is 29.7 Å². The Morgan fingerprint density at radius 2 is 2.00 bits per heavy atom. The normalized spacial score (nSPS) is 19.4. The van der Waals surface area contributed by atoms with Crippen molar-refractivity contribution in [2.24, 2.45) is 0 Å². The molecule has 2 saturated heterocycles. The average Bonchev–Trinajstić information content (AvgIpc) is 3.38. The highest BCUT2D eigenvalue weighted by atomic mass is 16.5. The number of rotatable bonds is 6. The number of para-hydroxylation sites is 1. The number of hydrogen-bond donors (Lipinski definition) is 2. The van der Waals surface area contributed by atoms with Gasteiger partial charge in [0.1, 0.15) is 11.9 Å². The summed E-state index contributed by atoms with van der Waals surface area (Å²) in [6, 6.07) is 12.7. The minimum Gasteiger partial charge on any atom is -0.376 e. The van der Waals surface area contributed by atoms with Crippen LogP contribution in [-0.2, 0) is 16.1 Å². The average molecular weight is 423 g/mol. The predicted octanol–water partition coefficient (Wildman–Crippen LogP) is 1.50. The van der Waals surface area contributed by atoms with Crippen molar-refractivity contribution in [3.63, 3.8) is 0 Å². The molecule has 164 valence electrons. The molecule has 7 heteroatoms. The van der Waals surface area contributed by atoms with E-state index in [4.69, 9.17) is 4.74 Å². The molecule has 31 heavy (non-hydrogen) atoms. The van der Waals surface area contributed by atoms with Crippen LogP contribution in [0.3, 0.4) is 0 Å². The molecule has 0 unspecified atom stereocenters. The number of carbonyl (C=O) groups excluding carboxylic acids is 1. The van der Waals surface area contributed by atoms with Crippen LogP contribution in [0.15, 0.2) is 30.3 Å². The monoisotopic (exact) mass is 422 g/mol. The summed E-state index contributed by atoms with van der Waals surface area (Å²) in [5, 5.41) is 12.8. The smallest absolute Gasteiger partial charge is 0.280 e. The SMILES string of the molecule is Cc1c(C#N)c(NC(=O)C[NH+]2CCN(c3ccccc3)CC2)n(C[C@H]2CCCO2)c1C. The van der Waals surface area contributed by atoms with Crippen molar-refractivity contribution in [2.45, 2.75) is 39.3 Å². The fourth-order valence-electron chi connectivity index (χ4n) is 4.65. The predicted molar refractivity (Wildman–Crippen MR) is 120 cm³/mol. The van der Waals surface area contributed by atoms with E-state index in [9.17, 15) is 10.1 Å². The third-order valence-corrected chi connectivity index (χ3v) is 6.61. The highest BCUT2D eigenvalue weighted by Gasteiger charge is 2.26. The van der Waals surface area contributed by atoms with Crippen molar-refractivity contribution in [1.82, 2.24) is 4.57 Å². The van der Waals surface area contributed by atoms with Gasteiger partial charge in [0.25, 0.3) is 5.91 Å². The first-order chi connectivity index (χ1) is 15.1. The largest absolute Gasteiger partial charge is 0.376 e. The maximum atomic E-state index is 12.9. The van der Waals surface area contributed by atoms with Gasteiger partial charge in [-0.3, -0.25) is 4.79 Å². The molecule has 0 aliphatic carbocycles. The quantitative estimate of drug-likeness (QED) is 0.740. The summed E-state index contributed by atoms with van der Waals surface area (Å²) >= 11 is 0. The minimum absolute atomic E-state index is 0.0363. The molecule has 0 saturated carbocycles. The molecule has 7 nitrogen and oxygen atoms in total. The van der Waals surface area contributed by atoms with Gasteiger partial charge in [0.05, 0.1) is 44.4 Å². The van der Waals surface area contributed by atoms with Crippen molar-refractivity contribution in [2.75, 3.05) is 49.5 Å². The lowest BCUT2D eigenvalue weighted by Crippen LogP contribution is -3.15. The molecule has 0 radical (unpaired) electrons. The van der Waals surface area contributed by atoms with E-state index in [1.807, 2.05) is 19.9 Å². The minimum atomic E-state index is -0.0363. The summed E-state index contributed by atoms with van der Waals surface area (Å²) in [5.41, 5.74) is 3.75. The van der Waals surface area contributed by atoms with Gasteiger partial charge >= 0.3 is 0 Å². The zero-order valence-corrected chi connectivity index (χ0v) is 18.5. The van der Waals surface area contributed by atoms with Gasteiger partial charge in [0, 0.05) is 18.0 Å². The zero-order chi connectivity index (χ0) is 21.8. The van der Waals surface area contributed by atoms with Crippen LogP contribution < -0.4 is 15.1 Å². The molecule has 4 rings (SSSR count). The van der Waals surface area contributed by atoms with Gasteiger partial charge in [0.2, 0.25) is 0 Å². The number of aromatic nitrogens is 1. The number of carbonyl (C=O) groups is 1. The van der Waals surface area contributed by atoms with Crippen LogP contribution in [0.25, 0.3) is 0 Å². The van der Waals surface area contributed by atoms with Crippen LogP contribution in [0.5, 0.6) is 0 Å². The number of nitrogens with one attached hydrogen (secondary N) is 2. The Bertz CT molecular complexity index is 949. The Labute approximate surface area is 184 Å². The second kappa shape index (κ2) is 9.54. The van der Waals surface area contributed by atoms with Crippen molar-refractivity contribution >= 4 is 17.4 Å². The molecule has 2 aliphatic rings. The third kappa shape index (κ3) is 4.76. The van der Waals surface area contributed by atoms with Crippen LogP contribution in [0.2, 0.25) is 0 Å². The van der Waals surface area contributed by atoms with Crippen LogP contribution in [0.4, 0.5) is 11.5 Å². The number of amides is 1. The van der Waals surface area contributed by atoms with Crippen LogP contribution >= 0.6 is 0 Å². The fraction of sp³-hybridized carbons (Fsp3) is 0.500. The molecule has 2 N–H and O–H groups in total. The van der Waals surface area contributed by atoms with Gasteiger partial charge in [-0.25, -0.2) is 0 Å². The van der Waals surface area contributed by atoms with E-state index in [1.54, 1.807) is 0 Å². The highest BCUT2D eigenvalue weighted by Crippen LogP contribution is 2.28. The highest BCUT2D eigenvalue weighted by molar-refractivity contribution is 5.92. The van der Waals surface area contributed by atoms with Gasteiger partial charge in [-0.2, -0.15) is 5.26 Å². The Morgan fingerprint density at radius 1 is 1.26 bits per heavy atom. The second-order valence-corrected chi connectivity index (χ2v) is 8.59. The summed E-state index contributed by atoms with van der Waals surface area (Å²) < 4.78 is 7.86. The van der Waals surface area contributed by atoms with E-state index in [0.29, 0.717) is 24.5 Å². The summed E-state index contributed by atoms with van der Waals surface area (Å²) in [4.78, 5) is 16.6. The van der Waals surface area contributed by atoms with E-state index in [1.165, 1.54) is 10.6 Å². The molecular formula is C24H32N5O2+. The first-order valence-corrected chi connectivity index (χ1v) is 11.2. The number of nitrogens with zero attached hydrogens (tertiary/aromatic N) is 3. The van der Waals surface area contributed by atoms with Gasteiger partial charge in [0.15, 0.2) is 6.54 Å². The third-order valence-electron chi connectivity index (χ3n) is 6.61. The number of nitriles is 1. The van der Waals surface area contributed by atoms with Crippen LogP contribution in [0, 0.1) is 25.2 Å². The Morgan fingerprint density at radius 3 is 2.65 bits per heavy atom. The number of piperazine rings is 1. The topological polar surface area (TPSA) is 74.7 Å². The van der Waals surface area contributed by atoms with Crippen molar-refractivity contribution in [3.05, 3.63) is 47.2 Å². The summed E-state index contributed by atoms with van der Waals surface area (Å²) in [5.74, 6) is 0.589. The number of ether oxygens (including phenoxy) is 1. The van der Waals surface area contributed by atoms with Gasteiger partial charge in [-0.15, -0.1) is 0 Å². The number of benzene rings is 1. The molecule has 0 bridgehead atoms. The van der Waals surface area contributed by atoms with Crippen molar-refractivity contribution < 1.29 is 14.4 Å².